The summed E-state index contributed by atoms with van der Waals surface area (Å²) in [5.74, 6) is 1.09. The molecule has 0 radical (unpaired) electrons. The zero-order valence-corrected chi connectivity index (χ0v) is 8.96. The normalized spacial score (nSPS) is 12.0. The summed E-state index contributed by atoms with van der Waals surface area (Å²) in [4.78, 5) is 4.20. The highest BCUT2D eigenvalue weighted by Gasteiger charge is 2.17. The predicted octanol–water partition coefficient (Wildman–Crippen LogP) is 1.44. The second-order valence-electron chi connectivity index (χ2n) is 4.30. The van der Waals surface area contributed by atoms with E-state index in [2.05, 4.69) is 28.7 Å². The Bertz CT molecular complexity index is 263. The van der Waals surface area contributed by atoms with Gasteiger partial charge in [0.25, 0.3) is 0 Å². The number of hydrogen-bond acceptors (Lipinski definition) is 2. The van der Waals surface area contributed by atoms with Gasteiger partial charge in [0.1, 0.15) is 5.82 Å². The highest BCUT2D eigenvalue weighted by Crippen LogP contribution is 2.17. The Balaban J connectivity index is 2.63. The van der Waals surface area contributed by atoms with Gasteiger partial charge in [0.05, 0.1) is 0 Å². The number of rotatable bonds is 4. The first-order chi connectivity index (χ1) is 6.05. The van der Waals surface area contributed by atoms with Crippen LogP contribution in [-0.2, 0) is 6.54 Å². The molecule has 0 fully saturated rings. The van der Waals surface area contributed by atoms with Crippen molar-refractivity contribution in [2.24, 2.45) is 5.41 Å². The first-order valence-corrected chi connectivity index (χ1v) is 4.67. The highest BCUT2D eigenvalue weighted by atomic mass is 15.1. The topological polar surface area (TPSA) is 29.9 Å². The molecule has 1 N–H and O–H groups in total. The Morgan fingerprint density at radius 1 is 1.54 bits per heavy atom. The van der Waals surface area contributed by atoms with E-state index in [9.17, 15) is 0 Å². The molecule has 0 bridgehead atoms. The number of imidazole rings is 1. The van der Waals surface area contributed by atoms with Gasteiger partial charge in [0.2, 0.25) is 0 Å². The SMILES string of the molecule is CNCC(C)(C)Cn1ccnc1C. The molecule has 0 unspecified atom stereocenters. The van der Waals surface area contributed by atoms with Crippen LogP contribution < -0.4 is 5.32 Å². The van der Waals surface area contributed by atoms with Gasteiger partial charge < -0.3 is 9.88 Å². The third-order valence-electron chi connectivity index (χ3n) is 2.18. The molecule has 74 valence electrons. The Morgan fingerprint density at radius 2 is 2.23 bits per heavy atom. The zero-order valence-electron chi connectivity index (χ0n) is 8.96. The lowest BCUT2D eigenvalue weighted by atomic mass is 9.93. The summed E-state index contributed by atoms with van der Waals surface area (Å²) in [5.41, 5.74) is 0.278. The van der Waals surface area contributed by atoms with Gasteiger partial charge in [-0.3, -0.25) is 0 Å². The van der Waals surface area contributed by atoms with E-state index in [1.807, 2.05) is 26.4 Å². The lowest BCUT2D eigenvalue weighted by molar-refractivity contribution is 0.295. The second kappa shape index (κ2) is 3.92. The standard InChI is InChI=1S/C10H19N3/c1-9-12-5-6-13(9)8-10(2,3)7-11-4/h5-6,11H,7-8H2,1-4H3. The van der Waals surface area contributed by atoms with Crippen molar-refractivity contribution in [2.75, 3.05) is 13.6 Å². The molecule has 0 atom stereocenters. The average molecular weight is 181 g/mol. The van der Waals surface area contributed by atoms with Gasteiger partial charge in [-0.25, -0.2) is 4.98 Å². The van der Waals surface area contributed by atoms with Crippen molar-refractivity contribution < 1.29 is 0 Å². The number of aryl methyl sites for hydroxylation is 1. The van der Waals surface area contributed by atoms with E-state index < -0.39 is 0 Å². The number of hydrogen-bond donors (Lipinski definition) is 1. The fourth-order valence-electron chi connectivity index (χ4n) is 1.57. The minimum Gasteiger partial charge on any atom is -0.335 e. The number of aromatic nitrogens is 2. The van der Waals surface area contributed by atoms with E-state index in [0.29, 0.717) is 0 Å². The molecular formula is C10H19N3. The monoisotopic (exact) mass is 181 g/mol. The van der Waals surface area contributed by atoms with Crippen LogP contribution >= 0.6 is 0 Å². The third-order valence-corrected chi connectivity index (χ3v) is 2.18. The molecule has 3 nitrogen and oxygen atoms in total. The molecule has 1 heterocycles. The van der Waals surface area contributed by atoms with Crippen molar-refractivity contribution in [1.82, 2.24) is 14.9 Å². The molecule has 13 heavy (non-hydrogen) atoms. The van der Waals surface area contributed by atoms with E-state index in [1.165, 1.54) is 0 Å². The predicted molar refractivity (Wildman–Crippen MR) is 54.7 cm³/mol. The van der Waals surface area contributed by atoms with Gasteiger partial charge in [-0.2, -0.15) is 0 Å². The molecule has 0 aliphatic rings. The minimum absolute atomic E-state index is 0.278. The van der Waals surface area contributed by atoms with Crippen LogP contribution in [0.2, 0.25) is 0 Å². The average Bonchev–Trinajstić information content (AvgIpc) is 2.35. The van der Waals surface area contributed by atoms with Crippen LogP contribution in [0.3, 0.4) is 0 Å². The van der Waals surface area contributed by atoms with Crippen LogP contribution in [0.15, 0.2) is 12.4 Å². The van der Waals surface area contributed by atoms with E-state index >= 15 is 0 Å². The lowest BCUT2D eigenvalue weighted by Crippen LogP contribution is -2.31. The van der Waals surface area contributed by atoms with Gasteiger partial charge >= 0.3 is 0 Å². The Morgan fingerprint density at radius 3 is 2.69 bits per heavy atom. The van der Waals surface area contributed by atoms with Gasteiger partial charge in [-0.15, -0.1) is 0 Å². The smallest absolute Gasteiger partial charge is 0.105 e. The van der Waals surface area contributed by atoms with Crippen molar-refractivity contribution >= 4 is 0 Å². The van der Waals surface area contributed by atoms with Crippen LogP contribution in [0.25, 0.3) is 0 Å². The number of nitrogens with zero attached hydrogens (tertiary/aromatic N) is 2. The van der Waals surface area contributed by atoms with E-state index in [0.717, 1.165) is 18.9 Å². The molecule has 0 amide bonds. The first-order valence-electron chi connectivity index (χ1n) is 4.67. The third kappa shape index (κ3) is 2.84. The van der Waals surface area contributed by atoms with Crippen molar-refractivity contribution in [3.05, 3.63) is 18.2 Å². The van der Waals surface area contributed by atoms with Gasteiger partial charge in [0.15, 0.2) is 0 Å². The first kappa shape index (κ1) is 10.3. The molecule has 1 aromatic rings. The summed E-state index contributed by atoms with van der Waals surface area (Å²) in [6.45, 7) is 8.58. The van der Waals surface area contributed by atoms with Crippen LogP contribution in [0.5, 0.6) is 0 Å². The molecule has 0 saturated heterocycles. The summed E-state index contributed by atoms with van der Waals surface area (Å²) in [6.07, 6.45) is 3.89. The van der Waals surface area contributed by atoms with Gasteiger partial charge in [0, 0.05) is 25.5 Å². The fourth-order valence-corrected chi connectivity index (χ4v) is 1.57. The summed E-state index contributed by atoms with van der Waals surface area (Å²) in [7, 11) is 1.99. The van der Waals surface area contributed by atoms with Crippen molar-refractivity contribution in [1.29, 1.82) is 0 Å². The van der Waals surface area contributed by atoms with Crippen molar-refractivity contribution in [2.45, 2.75) is 27.3 Å². The molecule has 0 aliphatic heterocycles. The summed E-state index contributed by atoms with van der Waals surface area (Å²) in [5, 5.41) is 3.21. The van der Waals surface area contributed by atoms with E-state index in [-0.39, 0.29) is 5.41 Å². The van der Waals surface area contributed by atoms with Crippen molar-refractivity contribution in [3.63, 3.8) is 0 Å². The summed E-state index contributed by atoms with van der Waals surface area (Å²) in [6, 6.07) is 0. The maximum Gasteiger partial charge on any atom is 0.105 e. The molecular weight excluding hydrogens is 162 g/mol. The molecule has 1 rings (SSSR count). The maximum absolute atomic E-state index is 4.20. The molecule has 0 aliphatic carbocycles. The van der Waals surface area contributed by atoms with E-state index in [4.69, 9.17) is 0 Å². The van der Waals surface area contributed by atoms with Crippen LogP contribution in [0, 0.1) is 12.3 Å². The molecule has 0 aromatic carbocycles. The van der Waals surface area contributed by atoms with Crippen LogP contribution in [-0.4, -0.2) is 23.1 Å². The highest BCUT2D eigenvalue weighted by molar-refractivity contribution is 4.90. The summed E-state index contributed by atoms with van der Waals surface area (Å²) >= 11 is 0. The van der Waals surface area contributed by atoms with Gasteiger partial charge in [-0.1, -0.05) is 13.8 Å². The molecule has 3 heteroatoms. The minimum atomic E-state index is 0.278. The maximum atomic E-state index is 4.20. The van der Waals surface area contributed by atoms with Crippen molar-refractivity contribution in [3.8, 4) is 0 Å². The second-order valence-corrected chi connectivity index (χ2v) is 4.30. The zero-order chi connectivity index (χ0) is 9.90. The molecule has 1 aromatic heterocycles. The van der Waals surface area contributed by atoms with Crippen LogP contribution in [0.4, 0.5) is 0 Å². The largest absolute Gasteiger partial charge is 0.335 e. The van der Waals surface area contributed by atoms with Crippen LogP contribution in [0.1, 0.15) is 19.7 Å². The Hall–Kier alpha value is -0.830. The van der Waals surface area contributed by atoms with Gasteiger partial charge in [-0.05, 0) is 19.4 Å². The fraction of sp³-hybridized carbons (Fsp3) is 0.700. The Labute approximate surface area is 80.2 Å². The quantitative estimate of drug-likeness (QED) is 0.761. The molecule has 0 spiro atoms. The molecule has 0 saturated carbocycles. The lowest BCUT2D eigenvalue weighted by Gasteiger charge is -2.25. The van der Waals surface area contributed by atoms with E-state index in [1.54, 1.807) is 0 Å². The Kier molecular flexibility index (Phi) is 3.09. The summed E-state index contributed by atoms with van der Waals surface area (Å²) < 4.78 is 2.19. The number of nitrogens with one attached hydrogen (secondary N) is 1.